The van der Waals surface area contributed by atoms with Gasteiger partial charge in [-0.1, -0.05) is 79.2 Å². The van der Waals surface area contributed by atoms with Crippen molar-refractivity contribution in [2.75, 3.05) is 6.54 Å². The fraction of sp³-hybridized carbons (Fsp3) is 0.435. The van der Waals surface area contributed by atoms with Crippen LogP contribution >= 0.6 is 23.2 Å². The third-order valence-electron chi connectivity index (χ3n) is 5.79. The molecule has 0 radical (unpaired) electrons. The quantitative estimate of drug-likeness (QED) is 0.609. The third kappa shape index (κ3) is 5.26. The van der Waals surface area contributed by atoms with Gasteiger partial charge in [0.2, 0.25) is 0 Å². The zero-order valence-electron chi connectivity index (χ0n) is 15.8. The Morgan fingerprint density at radius 2 is 1.75 bits per heavy atom. The molecule has 2 fully saturated rings. The highest BCUT2D eigenvalue weighted by atomic mass is 35.5. The van der Waals surface area contributed by atoms with Crippen LogP contribution in [0.4, 0.5) is 4.39 Å². The lowest BCUT2D eigenvalue weighted by molar-refractivity contribution is 0.381. The number of halogens is 3. The number of hydrogen-bond acceptors (Lipinski definition) is 2. The smallest absolute Gasteiger partial charge is 0.145 e. The van der Waals surface area contributed by atoms with Gasteiger partial charge in [-0.05, 0) is 36.1 Å². The molecule has 2 aromatic carbocycles. The lowest BCUT2D eigenvalue weighted by Crippen LogP contribution is -2.28. The first-order chi connectivity index (χ1) is 13.6. The molecule has 5 heteroatoms. The molecule has 3 unspecified atom stereocenters. The number of benzene rings is 2. The van der Waals surface area contributed by atoms with Gasteiger partial charge in [0.25, 0.3) is 0 Å². The van der Waals surface area contributed by atoms with E-state index in [9.17, 15) is 9.65 Å². The van der Waals surface area contributed by atoms with E-state index in [0.717, 1.165) is 17.4 Å². The number of nitriles is 1. The average Bonchev–Trinajstić information content (AvgIpc) is 3.35. The Kier molecular flexibility index (Phi) is 7.73. The molecule has 148 valence electrons. The normalized spacial score (nSPS) is 24.4. The third-order valence-corrected chi connectivity index (χ3v) is 6.34. The zero-order chi connectivity index (χ0) is 19.9. The first-order valence-corrected chi connectivity index (χ1v) is 10.6. The maximum Gasteiger partial charge on any atom is 0.145 e. The zero-order valence-corrected chi connectivity index (χ0v) is 17.3. The summed E-state index contributed by atoms with van der Waals surface area (Å²) in [6, 6.07) is 17.1. The molecule has 1 aliphatic heterocycles. The predicted octanol–water partition coefficient (Wildman–Crippen LogP) is 6.59. The second kappa shape index (κ2) is 10.3. The minimum Gasteiger partial charge on any atom is -0.312 e. The van der Waals surface area contributed by atoms with Crippen LogP contribution in [0.25, 0.3) is 0 Å². The topological polar surface area (TPSA) is 35.8 Å². The maximum absolute atomic E-state index is 14.2. The van der Waals surface area contributed by atoms with Gasteiger partial charge in [0.15, 0.2) is 0 Å². The van der Waals surface area contributed by atoms with E-state index in [4.69, 9.17) is 23.2 Å². The molecule has 3 atom stereocenters. The van der Waals surface area contributed by atoms with E-state index in [0.29, 0.717) is 12.1 Å². The fourth-order valence-corrected chi connectivity index (χ4v) is 4.68. The Bertz CT molecular complexity index is 800. The van der Waals surface area contributed by atoms with Crippen molar-refractivity contribution in [3.63, 3.8) is 0 Å². The van der Waals surface area contributed by atoms with Crippen molar-refractivity contribution in [2.24, 2.45) is 11.8 Å². The first kappa shape index (κ1) is 21.1. The van der Waals surface area contributed by atoms with Crippen LogP contribution in [0.1, 0.15) is 43.6 Å². The molecule has 1 saturated carbocycles. The first-order valence-electron chi connectivity index (χ1n) is 9.87. The van der Waals surface area contributed by atoms with Crippen molar-refractivity contribution in [1.29, 1.82) is 5.26 Å². The van der Waals surface area contributed by atoms with E-state index in [1.165, 1.54) is 25.7 Å². The van der Waals surface area contributed by atoms with Gasteiger partial charge in [0.1, 0.15) is 5.82 Å². The molecule has 2 nitrogen and oxygen atoms in total. The summed E-state index contributed by atoms with van der Waals surface area (Å²) < 4.78 is 14.2. The van der Waals surface area contributed by atoms with Gasteiger partial charge in [-0.2, -0.15) is 5.26 Å². The van der Waals surface area contributed by atoms with Crippen LogP contribution in [0, 0.1) is 29.0 Å². The summed E-state index contributed by atoms with van der Waals surface area (Å²) in [5.74, 6) is 0.0905. The van der Waals surface area contributed by atoms with Crippen LogP contribution in [0.15, 0.2) is 48.5 Å². The Hall–Kier alpha value is -1.60. The second-order valence-electron chi connectivity index (χ2n) is 7.60. The number of hydrogen-bond donors (Lipinski definition) is 1. The van der Waals surface area contributed by atoms with E-state index in [1.807, 2.05) is 30.3 Å². The Labute approximate surface area is 176 Å². The maximum atomic E-state index is 14.2. The van der Waals surface area contributed by atoms with Gasteiger partial charge in [-0.3, -0.25) is 0 Å². The lowest BCUT2D eigenvalue weighted by atomic mass is 9.82. The van der Waals surface area contributed by atoms with Crippen LogP contribution in [0.5, 0.6) is 0 Å². The molecule has 28 heavy (non-hydrogen) atoms. The fourth-order valence-electron chi connectivity index (χ4n) is 4.35. The minimum atomic E-state index is -0.368. The summed E-state index contributed by atoms with van der Waals surface area (Å²) in [6.45, 7) is 0.660. The van der Waals surface area contributed by atoms with Crippen LogP contribution < -0.4 is 5.32 Å². The average molecular weight is 419 g/mol. The number of nitrogens with zero attached hydrogens (tertiary/aromatic N) is 1. The minimum absolute atomic E-state index is 0.0971. The molecular formula is C23H25Cl2FN2. The summed E-state index contributed by atoms with van der Waals surface area (Å²) in [5.41, 5.74) is 0.579. The second-order valence-corrected chi connectivity index (χ2v) is 8.44. The van der Waals surface area contributed by atoms with Gasteiger partial charge < -0.3 is 5.32 Å². The molecule has 1 N–H and O–H groups in total. The van der Waals surface area contributed by atoms with Crippen molar-refractivity contribution in [3.05, 3.63) is 70.0 Å². The summed E-state index contributed by atoms with van der Waals surface area (Å²) in [4.78, 5) is 0. The standard InChI is InChI=1S/C17H20ClFN2.C6H5Cl/c18-15-7-3-6-12(17(15)19)14-10-21-16(13(14)9-20)8-11-4-1-2-5-11;7-6-4-2-1-3-5-6/h3,6-7,11,13-14,16,21H,1-2,4-5,8,10H2;1-5H. The number of nitrogens with one attached hydrogen (secondary N) is 1. The molecule has 1 aliphatic carbocycles. The Morgan fingerprint density at radius 3 is 2.36 bits per heavy atom. The molecule has 2 aromatic rings. The van der Waals surface area contributed by atoms with Gasteiger partial charge in [-0.15, -0.1) is 0 Å². The molecular weight excluding hydrogens is 394 g/mol. The van der Waals surface area contributed by atoms with Gasteiger partial charge in [-0.25, -0.2) is 4.39 Å². The Morgan fingerprint density at radius 1 is 1.04 bits per heavy atom. The largest absolute Gasteiger partial charge is 0.312 e. The highest BCUT2D eigenvalue weighted by Gasteiger charge is 2.39. The van der Waals surface area contributed by atoms with E-state index in [2.05, 4.69) is 11.4 Å². The van der Waals surface area contributed by atoms with Crippen LogP contribution in [-0.2, 0) is 0 Å². The molecule has 0 bridgehead atoms. The predicted molar refractivity (Wildman–Crippen MR) is 113 cm³/mol. The van der Waals surface area contributed by atoms with Gasteiger partial charge in [0.05, 0.1) is 17.0 Å². The monoisotopic (exact) mass is 418 g/mol. The summed E-state index contributed by atoms with van der Waals surface area (Å²) in [7, 11) is 0. The van der Waals surface area contributed by atoms with E-state index >= 15 is 0 Å². The van der Waals surface area contributed by atoms with Crippen molar-refractivity contribution in [3.8, 4) is 6.07 Å². The summed E-state index contributed by atoms with van der Waals surface area (Å²) in [5, 5.41) is 13.9. The van der Waals surface area contributed by atoms with Crippen molar-refractivity contribution in [2.45, 2.75) is 44.1 Å². The van der Waals surface area contributed by atoms with Crippen LogP contribution in [0.3, 0.4) is 0 Å². The van der Waals surface area contributed by atoms with Crippen molar-refractivity contribution in [1.82, 2.24) is 5.32 Å². The molecule has 1 heterocycles. The summed E-state index contributed by atoms with van der Waals surface area (Å²) >= 11 is 11.4. The van der Waals surface area contributed by atoms with E-state index in [-0.39, 0.29) is 28.7 Å². The highest BCUT2D eigenvalue weighted by Crippen LogP contribution is 2.39. The van der Waals surface area contributed by atoms with Gasteiger partial charge in [0, 0.05) is 23.5 Å². The number of rotatable bonds is 3. The molecule has 0 amide bonds. The molecule has 1 saturated heterocycles. The van der Waals surface area contributed by atoms with Crippen LogP contribution in [0.2, 0.25) is 10.0 Å². The lowest BCUT2D eigenvalue weighted by Gasteiger charge is -2.21. The van der Waals surface area contributed by atoms with E-state index < -0.39 is 0 Å². The summed E-state index contributed by atoms with van der Waals surface area (Å²) in [6.07, 6.45) is 6.19. The van der Waals surface area contributed by atoms with Gasteiger partial charge >= 0.3 is 0 Å². The van der Waals surface area contributed by atoms with E-state index in [1.54, 1.807) is 18.2 Å². The van der Waals surface area contributed by atoms with Crippen LogP contribution in [-0.4, -0.2) is 12.6 Å². The molecule has 0 spiro atoms. The Balaban J connectivity index is 0.000000271. The highest BCUT2D eigenvalue weighted by molar-refractivity contribution is 6.31. The molecule has 0 aromatic heterocycles. The molecule has 4 rings (SSSR count). The van der Waals surface area contributed by atoms with Crippen molar-refractivity contribution >= 4 is 23.2 Å². The molecule has 2 aliphatic rings. The SMILES string of the molecule is Clc1ccccc1.N#CC1C(CC2CCCC2)NCC1c1cccc(Cl)c1F. The van der Waals surface area contributed by atoms with Crippen molar-refractivity contribution < 1.29 is 4.39 Å².